The van der Waals surface area contributed by atoms with E-state index in [1.54, 1.807) is 32.8 Å². The molecule has 0 saturated carbocycles. The number of aryl methyl sites for hydroxylation is 1. The summed E-state index contributed by atoms with van der Waals surface area (Å²) in [6, 6.07) is 16.4. The second kappa shape index (κ2) is 22.3. The number of anilines is 1. The number of hydrogen-bond donors (Lipinski definition) is 3. The summed E-state index contributed by atoms with van der Waals surface area (Å²) in [7, 11) is 2.98. The smallest absolute Gasteiger partial charge is 0.410 e. The van der Waals surface area contributed by atoms with Crippen LogP contribution >= 0.6 is 11.3 Å². The number of hydrogen-bond acceptors (Lipinski definition) is 14. The molecule has 2 fully saturated rings. The molecule has 5 aromatic rings. The lowest BCUT2D eigenvalue weighted by Gasteiger charge is -2.35. The normalized spacial score (nSPS) is 16.5. The number of benzene rings is 2. The number of nitrogens with zero attached hydrogens (tertiary/aromatic N) is 6. The largest absolute Gasteiger partial charge is 0.468 e. The van der Waals surface area contributed by atoms with E-state index in [1.807, 2.05) is 54.9 Å². The Labute approximate surface area is 414 Å². The number of nitrogens with one attached hydrogen (secondary N) is 2. The van der Waals surface area contributed by atoms with Gasteiger partial charge in [-0.2, -0.15) is 0 Å². The van der Waals surface area contributed by atoms with E-state index >= 15 is 0 Å². The van der Waals surface area contributed by atoms with Crippen LogP contribution in [-0.2, 0) is 54.5 Å². The Morgan fingerprint density at radius 1 is 0.986 bits per heavy atom. The number of methoxy groups -OCH3 is 2. The molecule has 0 spiro atoms. The van der Waals surface area contributed by atoms with Crippen molar-refractivity contribution in [2.45, 2.75) is 111 Å². The summed E-state index contributed by atoms with van der Waals surface area (Å²) >= 11 is 1.38. The van der Waals surface area contributed by atoms with Gasteiger partial charge in [-0.05, 0) is 88.6 Å². The maximum Gasteiger partial charge on any atom is 0.410 e. The number of alkyl carbamates (subject to hydrolysis) is 1. The van der Waals surface area contributed by atoms with Crippen molar-refractivity contribution in [3.05, 3.63) is 88.0 Å². The van der Waals surface area contributed by atoms with Crippen molar-refractivity contribution in [3.63, 3.8) is 0 Å². The van der Waals surface area contributed by atoms with Crippen LogP contribution in [0.3, 0.4) is 0 Å². The van der Waals surface area contributed by atoms with Gasteiger partial charge < -0.3 is 43.7 Å². The van der Waals surface area contributed by atoms with Crippen LogP contribution in [-0.4, -0.2) is 125 Å². The van der Waals surface area contributed by atoms with E-state index in [4.69, 9.17) is 28.9 Å². The molecule has 2 aromatic carbocycles. The Morgan fingerprint density at radius 3 is 2.40 bits per heavy atom. The number of ether oxygens (including phenoxy) is 4. The van der Waals surface area contributed by atoms with E-state index in [2.05, 4.69) is 59.2 Å². The molecule has 2 aliphatic heterocycles. The number of pyridine rings is 1. The summed E-state index contributed by atoms with van der Waals surface area (Å²) in [5.74, 6) is -0.898. The molecule has 0 aliphatic carbocycles. The van der Waals surface area contributed by atoms with Crippen LogP contribution in [0, 0.1) is 5.41 Å². The molecule has 17 nitrogen and oxygen atoms in total. The number of amides is 3. The number of carbonyl (C=O) groups excluding carboxylic acids is 4. The highest BCUT2D eigenvalue weighted by molar-refractivity contribution is 7.10. The van der Waals surface area contributed by atoms with Gasteiger partial charge in [-0.25, -0.2) is 20.0 Å². The molecule has 3 N–H and O–H groups in total. The van der Waals surface area contributed by atoms with Crippen molar-refractivity contribution in [1.82, 2.24) is 35.2 Å². The number of aromatic nitrogens is 3. The van der Waals surface area contributed by atoms with Crippen LogP contribution in [0.15, 0.2) is 66.2 Å². The van der Waals surface area contributed by atoms with E-state index in [9.17, 15) is 24.3 Å². The quantitative estimate of drug-likeness (QED) is 0.0646. The molecule has 0 bridgehead atoms. The summed E-state index contributed by atoms with van der Waals surface area (Å²) < 4.78 is 24.4. The fraction of sp³-hybridized carbons (Fsp3) is 0.500. The van der Waals surface area contributed by atoms with Gasteiger partial charge in [0.05, 0.1) is 47.2 Å². The molecular formula is C52H68N8O9S. The first-order valence-corrected chi connectivity index (χ1v) is 24.9. The van der Waals surface area contributed by atoms with Crippen LogP contribution in [0.5, 0.6) is 0 Å². The van der Waals surface area contributed by atoms with Gasteiger partial charge in [0, 0.05) is 86.8 Å². The fourth-order valence-corrected chi connectivity index (χ4v) is 9.81. The molecular weight excluding hydrogens is 913 g/mol. The highest BCUT2D eigenvalue weighted by Crippen LogP contribution is 2.43. The Morgan fingerprint density at radius 2 is 1.73 bits per heavy atom. The minimum atomic E-state index is -1.05. The molecule has 2 aliphatic rings. The average molecular weight is 981 g/mol. The number of hydrazine groups is 1. The van der Waals surface area contributed by atoms with E-state index in [-0.39, 0.29) is 31.8 Å². The standard InChI is InChI=1S/C52H68N8O9S/c1-10-59-43-19-18-35(42-31-70-44(54-42)27-41(55-49(64)69-51(3,4)5)47(62)60-20-14-17-40(56-60)48(63)67-9)25-37(43)39(28-52(6,7)32-61)46(59)38-26-36(29-53-45(38)33(2)66-8)57-21-23-58(24-22-57)50(65)68-30-34-15-12-11-13-16-34/h11-13,15-16,18-19,25-26,29,31,33,40-41,56,61H,10,14,17,20-24,27-28,30,32H2,1-9H3,(H,55,64)/t33-,40-,41-/m0/s1. The van der Waals surface area contributed by atoms with Gasteiger partial charge in [-0.3, -0.25) is 19.6 Å². The van der Waals surface area contributed by atoms with Crippen molar-refractivity contribution in [1.29, 1.82) is 0 Å². The summed E-state index contributed by atoms with van der Waals surface area (Å²) in [5.41, 5.74) is 9.87. The zero-order chi connectivity index (χ0) is 50.3. The minimum Gasteiger partial charge on any atom is -0.468 e. The van der Waals surface area contributed by atoms with Crippen LogP contribution in [0.1, 0.15) is 89.2 Å². The van der Waals surface area contributed by atoms with Crippen molar-refractivity contribution < 1.29 is 43.2 Å². The van der Waals surface area contributed by atoms with Crippen LogP contribution < -0.4 is 15.6 Å². The number of fused-ring (bicyclic) bond motifs is 1. The van der Waals surface area contributed by atoms with Crippen molar-refractivity contribution in [2.24, 2.45) is 5.41 Å². The van der Waals surface area contributed by atoms with Crippen LogP contribution in [0.4, 0.5) is 15.3 Å². The summed E-state index contributed by atoms with van der Waals surface area (Å²) in [5, 5.41) is 18.4. The van der Waals surface area contributed by atoms with E-state index in [0.29, 0.717) is 69.2 Å². The molecule has 5 heterocycles. The Kier molecular flexibility index (Phi) is 16.5. The topological polar surface area (TPSA) is 190 Å². The van der Waals surface area contributed by atoms with Gasteiger partial charge in [0.2, 0.25) is 0 Å². The van der Waals surface area contributed by atoms with Gasteiger partial charge in [-0.15, -0.1) is 11.3 Å². The fourth-order valence-electron chi connectivity index (χ4n) is 8.96. The molecule has 3 aromatic heterocycles. The second-order valence-corrected chi connectivity index (χ2v) is 20.6. The lowest BCUT2D eigenvalue weighted by Crippen LogP contribution is -2.60. The summed E-state index contributed by atoms with van der Waals surface area (Å²) in [4.78, 5) is 66.8. The zero-order valence-electron chi connectivity index (χ0n) is 41.9. The Balaban J connectivity index is 1.21. The van der Waals surface area contributed by atoms with Crippen molar-refractivity contribution in [2.75, 3.05) is 58.5 Å². The van der Waals surface area contributed by atoms with E-state index in [0.717, 1.165) is 50.2 Å². The van der Waals surface area contributed by atoms with Gasteiger partial charge in [-0.1, -0.05) is 50.2 Å². The monoisotopic (exact) mass is 980 g/mol. The molecule has 0 radical (unpaired) electrons. The van der Waals surface area contributed by atoms with Gasteiger partial charge in [0.15, 0.2) is 0 Å². The van der Waals surface area contributed by atoms with E-state index in [1.165, 1.54) is 23.5 Å². The molecule has 7 rings (SSSR count). The molecule has 3 amide bonds. The highest BCUT2D eigenvalue weighted by Gasteiger charge is 2.35. The average Bonchev–Trinajstić information content (AvgIpc) is 3.95. The molecule has 18 heteroatoms. The predicted octanol–water partition coefficient (Wildman–Crippen LogP) is 7.68. The second-order valence-electron chi connectivity index (χ2n) is 19.7. The van der Waals surface area contributed by atoms with Crippen molar-refractivity contribution >= 4 is 52.0 Å². The lowest BCUT2D eigenvalue weighted by atomic mass is 9.84. The maximum absolute atomic E-state index is 14.1. The van der Waals surface area contributed by atoms with Gasteiger partial charge >= 0.3 is 18.2 Å². The number of aliphatic hydroxyl groups excluding tert-OH is 1. The number of esters is 1. The molecule has 376 valence electrons. The molecule has 2 saturated heterocycles. The van der Waals surface area contributed by atoms with Crippen molar-refractivity contribution in [3.8, 4) is 22.5 Å². The lowest BCUT2D eigenvalue weighted by molar-refractivity contribution is -0.150. The highest BCUT2D eigenvalue weighted by atomic mass is 32.1. The number of rotatable bonds is 16. The molecule has 0 unspecified atom stereocenters. The first-order valence-electron chi connectivity index (χ1n) is 24.0. The Hall–Kier alpha value is -6.08. The van der Waals surface area contributed by atoms with E-state index < -0.39 is 41.1 Å². The molecule has 3 atom stereocenters. The maximum atomic E-state index is 14.1. The van der Waals surface area contributed by atoms with Crippen LogP contribution in [0.25, 0.3) is 33.4 Å². The number of thiazole rings is 1. The third-order valence-corrected chi connectivity index (χ3v) is 13.6. The zero-order valence-corrected chi connectivity index (χ0v) is 42.7. The minimum absolute atomic E-state index is 0.0361. The Bertz CT molecular complexity index is 2640. The third-order valence-electron chi connectivity index (χ3n) is 12.7. The first kappa shape index (κ1) is 51.8. The van der Waals surface area contributed by atoms with Crippen LogP contribution in [0.2, 0.25) is 0 Å². The van der Waals surface area contributed by atoms with Gasteiger partial charge in [0.25, 0.3) is 5.91 Å². The first-order chi connectivity index (χ1) is 33.4. The number of piperazine rings is 1. The summed E-state index contributed by atoms with van der Waals surface area (Å²) in [6.07, 6.45) is 2.17. The predicted molar refractivity (Wildman–Crippen MR) is 269 cm³/mol. The summed E-state index contributed by atoms with van der Waals surface area (Å²) in [6.45, 7) is 16.8. The molecule has 70 heavy (non-hydrogen) atoms. The SMILES string of the molecule is CCn1c(-c2cc(N3CCN(C(=O)OCc4ccccc4)CC3)cnc2[C@H](C)OC)c(CC(C)(C)CO)c2cc(-c3csc(C[C@H](NC(=O)OC(C)(C)C)C(=O)N4CCC[C@@H](C(=O)OC)N4)n3)ccc21. The van der Waals surface area contributed by atoms with Gasteiger partial charge in [0.1, 0.15) is 24.3 Å². The number of carbonyl (C=O) groups is 4. The third kappa shape index (κ3) is 12.3. The number of aliphatic hydroxyl groups is 1.